The van der Waals surface area contributed by atoms with Crippen molar-refractivity contribution in [3.05, 3.63) is 76.6 Å². The average Bonchev–Trinajstić information content (AvgIpc) is 3.15. The van der Waals surface area contributed by atoms with E-state index >= 15 is 0 Å². The molecule has 0 aliphatic heterocycles. The molecule has 0 bridgehead atoms. The van der Waals surface area contributed by atoms with Crippen LogP contribution in [0.5, 0.6) is 0 Å². The van der Waals surface area contributed by atoms with E-state index in [9.17, 15) is 14.4 Å². The van der Waals surface area contributed by atoms with E-state index in [1.54, 1.807) is 48.9 Å². The van der Waals surface area contributed by atoms with Crippen LogP contribution in [0, 0.1) is 0 Å². The van der Waals surface area contributed by atoms with Crippen molar-refractivity contribution in [2.45, 2.75) is 31.3 Å². The third kappa shape index (κ3) is 3.62. The predicted octanol–water partition coefficient (Wildman–Crippen LogP) is 1.17. The van der Waals surface area contributed by atoms with Gasteiger partial charge in [-0.3, -0.25) is 23.8 Å². The van der Waals surface area contributed by atoms with Gasteiger partial charge >= 0.3 is 0 Å². The molecule has 2 N–H and O–H groups in total. The van der Waals surface area contributed by atoms with Crippen molar-refractivity contribution in [2.24, 2.45) is 0 Å². The molecule has 3 heterocycles. The Kier molecular flexibility index (Phi) is 4.84. The Bertz CT molecular complexity index is 1080. The molecule has 2 amide bonds. The zero-order valence-electron chi connectivity index (χ0n) is 15.0. The maximum Gasteiger partial charge on any atom is 0.270 e. The van der Waals surface area contributed by atoms with Gasteiger partial charge in [-0.25, -0.2) is 4.98 Å². The van der Waals surface area contributed by atoms with Gasteiger partial charge in [-0.2, -0.15) is 0 Å². The molecule has 0 spiro atoms. The van der Waals surface area contributed by atoms with Crippen molar-refractivity contribution in [2.75, 3.05) is 0 Å². The second kappa shape index (κ2) is 7.59. The van der Waals surface area contributed by atoms with Crippen molar-refractivity contribution < 1.29 is 9.59 Å². The van der Waals surface area contributed by atoms with Crippen LogP contribution in [0.25, 0.3) is 5.65 Å². The molecule has 4 rings (SSSR count). The number of hydrogen-bond acceptors (Lipinski definition) is 5. The Morgan fingerprint density at radius 3 is 2.46 bits per heavy atom. The Balaban J connectivity index is 1.39. The summed E-state index contributed by atoms with van der Waals surface area (Å²) < 4.78 is 1.35. The maximum absolute atomic E-state index is 12.6. The lowest BCUT2D eigenvalue weighted by atomic mass is 10.2. The lowest BCUT2D eigenvalue weighted by Crippen LogP contribution is -2.39. The summed E-state index contributed by atoms with van der Waals surface area (Å²) in [6, 6.07) is 8.38. The van der Waals surface area contributed by atoms with E-state index in [1.807, 2.05) is 0 Å². The first-order valence-electron chi connectivity index (χ1n) is 9.10. The summed E-state index contributed by atoms with van der Waals surface area (Å²) in [5, 5.41) is 5.87. The number of rotatable bonds is 4. The van der Waals surface area contributed by atoms with Crippen molar-refractivity contribution in [3.63, 3.8) is 0 Å². The van der Waals surface area contributed by atoms with Crippen LogP contribution in [0.15, 0.2) is 59.9 Å². The molecule has 0 aromatic carbocycles. The smallest absolute Gasteiger partial charge is 0.270 e. The average molecular weight is 377 g/mol. The first-order chi connectivity index (χ1) is 13.6. The number of carbonyl (C=O) groups excluding carboxylic acids is 2. The number of nitrogens with zero attached hydrogens (tertiary/aromatic N) is 3. The zero-order chi connectivity index (χ0) is 19.5. The van der Waals surface area contributed by atoms with Gasteiger partial charge < -0.3 is 10.6 Å². The van der Waals surface area contributed by atoms with Gasteiger partial charge in [-0.05, 0) is 43.5 Å². The van der Waals surface area contributed by atoms with Gasteiger partial charge in [0.15, 0.2) is 0 Å². The lowest BCUT2D eigenvalue weighted by Gasteiger charge is -2.15. The molecule has 3 aromatic heterocycles. The van der Waals surface area contributed by atoms with E-state index in [0.717, 1.165) is 12.8 Å². The Morgan fingerprint density at radius 2 is 1.71 bits per heavy atom. The third-order valence-corrected chi connectivity index (χ3v) is 4.90. The molecule has 1 saturated carbocycles. The Labute approximate surface area is 160 Å². The second-order valence-electron chi connectivity index (χ2n) is 6.80. The first-order valence-corrected chi connectivity index (χ1v) is 9.10. The van der Waals surface area contributed by atoms with E-state index in [4.69, 9.17) is 0 Å². The predicted molar refractivity (Wildman–Crippen MR) is 102 cm³/mol. The van der Waals surface area contributed by atoms with E-state index in [1.165, 1.54) is 10.6 Å². The highest BCUT2D eigenvalue weighted by molar-refractivity contribution is 5.94. The standard InChI is InChI=1S/C20H19N5O3/c26-18(13-6-8-21-9-7-13)23-14-4-5-15(11-14)24-19(27)16-12-22-17-3-1-2-10-25(17)20(16)28/h1-3,6-10,12,14-15H,4-5,11H2,(H,23,26)(H,24,27)/t14-,15+/m0/s1. The lowest BCUT2D eigenvalue weighted by molar-refractivity contribution is 0.0935. The van der Waals surface area contributed by atoms with E-state index in [0.29, 0.717) is 17.6 Å². The number of amides is 2. The van der Waals surface area contributed by atoms with Gasteiger partial charge in [-0.1, -0.05) is 6.07 Å². The van der Waals surface area contributed by atoms with Gasteiger partial charge in [0.2, 0.25) is 0 Å². The van der Waals surface area contributed by atoms with Crippen LogP contribution in [0.1, 0.15) is 40.0 Å². The normalized spacial score (nSPS) is 18.7. The van der Waals surface area contributed by atoms with Crippen molar-refractivity contribution in [1.29, 1.82) is 0 Å². The molecule has 0 radical (unpaired) electrons. The minimum atomic E-state index is -0.443. The van der Waals surface area contributed by atoms with Crippen LogP contribution >= 0.6 is 0 Å². The van der Waals surface area contributed by atoms with Crippen molar-refractivity contribution in [1.82, 2.24) is 25.0 Å². The number of pyridine rings is 2. The Hall–Kier alpha value is -3.55. The molecule has 142 valence electrons. The monoisotopic (exact) mass is 377 g/mol. The van der Waals surface area contributed by atoms with Crippen LogP contribution in [-0.4, -0.2) is 38.3 Å². The summed E-state index contributed by atoms with van der Waals surface area (Å²) in [5.41, 5.74) is 0.651. The quantitative estimate of drug-likeness (QED) is 0.710. The topological polar surface area (TPSA) is 105 Å². The fourth-order valence-electron chi connectivity index (χ4n) is 3.46. The number of nitrogens with one attached hydrogen (secondary N) is 2. The fourth-order valence-corrected chi connectivity index (χ4v) is 3.46. The molecule has 3 aromatic rings. The van der Waals surface area contributed by atoms with E-state index in [-0.39, 0.29) is 23.6 Å². The first kappa shape index (κ1) is 17.8. The minimum absolute atomic E-state index is 0.00738. The summed E-state index contributed by atoms with van der Waals surface area (Å²) in [4.78, 5) is 45.4. The number of carbonyl (C=O) groups is 2. The van der Waals surface area contributed by atoms with Gasteiger partial charge in [0.05, 0.1) is 0 Å². The molecule has 1 fully saturated rings. The van der Waals surface area contributed by atoms with Crippen LogP contribution < -0.4 is 16.2 Å². The highest BCUT2D eigenvalue weighted by Crippen LogP contribution is 2.20. The molecular weight excluding hydrogens is 358 g/mol. The molecule has 8 nitrogen and oxygen atoms in total. The third-order valence-electron chi connectivity index (χ3n) is 4.90. The molecule has 28 heavy (non-hydrogen) atoms. The van der Waals surface area contributed by atoms with E-state index < -0.39 is 11.5 Å². The maximum atomic E-state index is 12.6. The molecule has 0 unspecified atom stereocenters. The van der Waals surface area contributed by atoms with Crippen LogP contribution in [0.3, 0.4) is 0 Å². The number of fused-ring (bicyclic) bond motifs is 1. The highest BCUT2D eigenvalue weighted by atomic mass is 16.2. The SMILES string of the molecule is O=C(N[C@H]1CC[C@@H](NC(=O)c2cnc3ccccn3c2=O)C1)c1ccncc1. The summed E-state index contributed by atoms with van der Waals surface area (Å²) in [7, 11) is 0. The summed E-state index contributed by atoms with van der Waals surface area (Å²) >= 11 is 0. The second-order valence-corrected chi connectivity index (χ2v) is 6.80. The van der Waals surface area contributed by atoms with Crippen LogP contribution in [-0.2, 0) is 0 Å². The zero-order valence-corrected chi connectivity index (χ0v) is 15.0. The summed E-state index contributed by atoms with van der Waals surface area (Å²) in [6.45, 7) is 0. The Morgan fingerprint density at radius 1 is 1.00 bits per heavy atom. The molecule has 1 aliphatic rings. The highest BCUT2D eigenvalue weighted by Gasteiger charge is 2.28. The molecule has 1 aliphatic carbocycles. The fraction of sp³-hybridized carbons (Fsp3) is 0.250. The van der Waals surface area contributed by atoms with E-state index in [2.05, 4.69) is 20.6 Å². The molecular formula is C20H19N5O3. The van der Waals surface area contributed by atoms with Gasteiger partial charge in [0.25, 0.3) is 17.4 Å². The number of hydrogen-bond donors (Lipinski definition) is 2. The minimum Gasteiger partial charge on any atom is -0.349 e. The number of aromatic nitrogens is 3. The van der Waals surface area contributed by atoms with Gasteiger partial charge in [0, 0.05) is 42.4 Å². The van der Waals surface area contributed by atoms with Gasteiger partial charge in [0.1, 0.15) is 11.2 Å². The largest absolute Gasteiger partial charge is 0.349 e. The summed E-state index contributed by atoms with van der Waals surface area (Å²) in [6.07, 6.45) is 8.15. The van der Waals surface area contributed by atoms with Crippen molar-refractivity contribution in [3.8, 4) is 0 Å². The molecule has 0 saturated heterocycles. The van der Waals surface area contributed by atoms with Gasteiger partial charge in [-0.15, -0.1) is 0 Å². The van der Waals surface area contributed by atoms with Crippen LogP contribution in [0.4, 0.5) is 0 Å². The van der Waals surface area contributed by atoms with Crippen LogP contribution in [0.2, 0.25) is 0 Å². The summed E-state index contributed by atoms with van der Waals surface area (Å²) in [5.74, 6) is -0.599. The van der Waals surface area contributed by atoms with Crippen molar-refractivity contribution >= 4 is 17.5 Å². The molecule has 8 heteroatoms. The molecule has 2 atom stereocenters.